The maximum atomic E-state index is 12.6. The Kier molecular flexibility index (Phi) is 6.94. The van der Waals surface area contributed by atoms with Gasteiger partial charge in [0.25, 0.3) is 10.9 Å². The van der Waals surface area contributed by atoms with E-state index in [0.29, 0.717) is 37.3 Å². The van der Waals surface area contributed by atoms with Crippen molar-refractivity contribution in [2.24, 2.45) is 5.92 Å². The van der Waals surface area contributed by atoms with Crippen molar-refractivity contribution in [2.75, 3.05) is 37.4 Å². The first kappa shape index (κ1) is 21.6. The van der Waals surface area contributed by atoms with Crippen molar-refractivity contribution in [3.63, 3.8) is 0 Å². The van der Waals surface area contributed by atoms with Crippen molar-refractivity contribution in [1.29, 1.82) is 0 Å². The number of benzene rings is 2. The third kappa shape index (κ3) is 5.29. The summed E-state index contributed by atoms with van der Waals surface area (Å²) in [7, 11) is 3.40. The van der Waals surface area contributed by atoms with E-state index in [9.17, 15) is 19.7 Å². The number of carbonyl (C=O) groups is 2. The van der Waals surface area contributed by atoms with Gasteiger partial charge in [0.1, 0.15) is 5.69 Å². The first-order chi connectivity index (χ1) is 14.3. The molecule has 9 heteroatoms. The minimum Gasteiger partial charge on any atom is -0.366 e. The minimum absolute atomic E-state index is 0.0537. The van der Waals surface area contributed by atoms with Crippen molar-refractivity contribution in [1.82, 2.24) is 4.90 Å². The summed E-state index contributed by atoms with van der Waals surface area (Å²) in [6, 6.07) is 13.9. The van der Waals surface area contributed by atoms with E-state index in [2.05, 4.69) is 5.32 Å². The molecule has 0 aromatic heterocycles. The number of rotatable bonds is 5. The summed E-state index contributed by atoms with van der Waals surface area (Å²) in [5.41, 5.74) is 1.37. The van der Waals surface area contributed by atoms with Gasteiger partial charge in [0.05, 0.1) is 4.92 Å². The lowest BCUT2D eigenvalue weighted by molar-refractivity contribution is -0.384. The number of amides is 2. The van der Waals surface area contributed by atoms with E-state index in [0.717, 1.165) is 16.7 Å². The number of anilines is 2. The third-order valence-corrected chi connectivity index (χ3v) is 6.02. The molecule has 1 aliphatic heterocycles. The van der Waals surface area contributed by atoms with Crippen molar-refractivity contribution < 1.29 is 14.5 Å². The number of hydrogen-bond acceptors (Lipinski definition) is 6. The van der Waals surface area contributed by atoms with Gasteiger partial charge in [-0.05, 0) is 54.9 Å². The van der Waals surface area contributed by atoms with Crippen LogP contribution < -0.4 is 10.2 Å². The van der Waals surface area contributed by atoms with E-state index in [4.69, 9.17) is 0 Å². The Morgan fingerprint density at radius 3 is 2.33 bits per heavy atom. The fourth-order valence-electron chi connectivity index (χ4n) is 3.31. The molecule has 30 heavy (non-hydrogen) atoms. The fourth-order valence-corrected chi connectivity index (χ4v) is 3.97. The van der Waals surface area contributed by atoms with E-state index >= 15 is 0 Å². The highest BCUT2D eigenvalue weighted by Gasteiger charge is 2.28. The summed E-state index contributed by atoms with van der Waals surface area (Å²) in [6.07, 6.45) is 1.26. The third-order valence-electron chi connectivity index (χ3n) is 4.98. The van der Waals surface area contributed by atoms with Crippen molar-refractivity contribution >= 4 is 40.0 Å². The quantitative estimate of drug-likeness (QED) is 0.435. The molecular weight excluding hydrogens is 404 g/mol. The van der Waals surface area contributed by atoms with Gasteiger partial charge in [-0.3, -0.25) is 19.7 Å². The van der Waals surface area contributed by atoms with Crippen LogP contribution in [0, 0.1) is 16.0 Å². The van der Waals surface area contributed by atoms with E-state index in [1.54, 1.807) is 56.6 Å². The smallest absolute Gasteiger partial charge is 0.292 e. The van der Waals surface area contributed by atoms with Gasteiger partial charge in [-0.15, -0.1) is 0 Å². The second kappa shape index (κ2) is 9.62. The summed E-state index contributed by atoms with van der Waals surface area (Å²) >= 11 is 1.13. The fraction of sp³-hybridized carbons (Fsp3) is 0.333. The zero-order chi connectivity index (χ0) is 21.7. The molecular formula is C21H24N4O4S. The van der Waals surface area contributed by atoms with Crippen molar-refractivity contribution in [3.05, 3.63) is 58.6 Å². The lowest BCUT2D eigenvalue weighted by Gasteiger charge is -2.32. The van der Waals surface area contributed by atoms with Gasteiger partial charge in [-0.1, -0.05) is 12.1 Å². The zero-order valence-corrected chi connectivity index (χ0v) is 17.7. The number of hydrogen-bond donors (Lipinski definition) is 1. The highest BCUT2D eigenvalue weighted by molar-refractivity contribution is 8.13. The number of carbonyl (C=O) groups excluding carboxylic acids is 2. The number of nitrogens with zero attached hydrogens (tertiary/aromatic N) is 3. The molecule has 0 saturated carbocycles. The average molecular weight is 429 g/mol. The van der Waals surface area contributed by atoms with Crippen LogP contribution in [-0.4, -0.2) is 48.2 Å². The highest BCUT2D eigenvalue weighted by atomic mass is 32.2. The van der Waals surface area contributed by atoms with Crippen LogP contribution in [0.3, 0.4) is 0 Å². The Morgan fingerprint density at radius 1 is 1.10 bits per heavy atom. The topological polar surface area (TPSA) is 95.8 Å². The Morgan fingerprint density at radius 2 is 1.73 bits per heavy atom. The average Bonchev–Trinajstić information content (AvgIpc) is 2.75. The predicted octanol–water partition coefficient (Wildman–Crippen LogP) is 4.22. The van der Waals surface area contributed by atoms with Gasteiger partial charge >= 0.3 is 0 Å². The lowest BCUT2D eigenvalue weighted by Crippen LogP contribution is -2.38. The van der Waals surface area contributed by atoms with Gasteiger partial charge in [-0.25, -0.2) is 0 Å². The first-order valence-electron chi connectivity index (χ1n) is 9.63. The van der Waals surface area contributed by atoms with Gasteiger partial charge in [0, 0.05) is 49.8 Å². The monoisotopic (exact) mass is 428 g/mol. The Hall–Kier alpha value is -3.07. The number of nitrogens with one attached hydrogen (secondary N) is 1. The number of piperidine rings is 1. The Bertz CT molecular complexity index is 925. The molecule has 0 atom stereocenters. The normalized spacial score (nSPS) is 14.3. The standard InChI is InChI=1S/C21H24N4O4S/c1-23(2)21(27)30-17-9-7-16(8-10-17)22-20(26)15-11-13-24(14-12-15)18-5-3-4-6-19(18)25(28)29/h3-10,15H,11-14H2,1-2H3,(H,22,26). The number of thioether (sulfide) groups is 1. The minimum atomic E-state index is -0.373. The second-order valence-corrected chi connectivity index (χ2v) is 8.31. The molecule has 8 nitrogen and oxygen atoms in total. The van der Waals surface area contributed by atoms with Gasteiger partial charge in [0.2, 0.25) is 5.91 Å². The number of nitro benzene ring substituents is 1. The van der Waals surface area contributed by atoms with E-state index < -0.39 is 0 Å². The predicted molar refractivity (Wildman–Crippen MR) is 118 cm³/mol. The molecule has 1 aliphatic rings. The molecule has 0 aliphatic carbocycles. The van der Waals surface area contributed by atoms with Crippen molar-refractivity contribution in [2.45, 2.75) is 17.7 Å². The Labute approximate surface area is 179 Å². The largest absolute Gasteiger partial charge is 0.366 e. The molecule has 2 aromatic carbocycles. The lowest BCUT2D eigenvalue weighted by atomic mass is 9.95. The van der Waals surface area contributed by atoms with E-state index in [1.165, 1.54) is 11.0 Å². The van der Waals surface area contributed by atoms with Gasteiger partial charge in [0.15, 0.2) is 0 Å². The summed E-state index contributed by atoms with van der Waals surface area (Å²) in [5.74, 6) is -0.199. The SMILES string of the molecule is CN(C)C(=O)Sc1ccc(NC(=O)C2CCN(c3ccccc3[N+](=O)[O-])CC2)cc1. The molecule has 0 bridgehead atoms. The van der Waals surface area contributed by atoms with Crippen LogP contribution in [0.25, 0.3) is 0 Å². The second-order valence-electron chi connectivity index (χ2n) is 7.28. The summed E-state index contributed by atoms with van der Waals surface area (Å²) in [4.78, 5) is 39.5. The van der Waals surface area contributed by atoms with Crippen LogP contribution in [0.1, 0.15) is 12.8 Å². The highest BCUT2D eigenvalue weighted by Crippen LogP contribution is 2.31. The molecule has 0 radical (unpaired) electrons. The molecule has 2 aromatic rings. The molecule has 1 fully saturated rings. The van der Waals surface area contributed by atoms with Crippen LogP contribution in [-0.2, 0) is 4.79 Å². The van der Waals surface area contributed by atoms with Crippen LogP contribution >= 0.6 is 11.8 Å². The zero-order valence-electron chi connectivity index (χ0n) is 16.9. The number of nitro groups is 1. The maximum Gasteiger partial charge on any atom is 0.292 e. The van der Waals surface area contributed by atoms with E-state index in [-0.39, 0.29) is 27.7 Å². The van der Waals surface area contributed by atoms with Crippen LogP contribution in [0.2, 0.25) is 0 Å². The summed E-state index contributed by atoms with van der Waals surface area (Å²) in [6.45, 7) is 1.18. The molecule has 3 rings (SSSR count). The molecule has 1 heterocycles. The van der Waals surface area contributed by atoms with Crippen LogP contribution in [0.15, 0.2) is 53.4 Å². The molecule has 0 unspecified atom stereocenters. The van der Waals surface area contributed by atoms with Gasteiger partial charge < -0.3 is 15.1 Å². The molecule has 158 valence electrons. The Balaban J connectivity index is 1.55. The first-order valence-corrected chi connectivity index (χ1v) is 10.4. The molecule has 1 N–H and O–H groups in total. The molecule has 1 saturated heterocycles. The summed E-state index contributed by atoms with van der Waals surface area (Å²) in [5, 5.41) is 14.1. The maximum absolute atomic E-state index is 12.6. The van der Waals surface area contributed by atoms with Crippen molar-refractivity contribution in [3.8, 4) is 0 Å². The summed E-state index contributed by atoms with van der Waals surface area (Å²) < 4.78 is 0. The van der Waals surface area contributed by atoms with Gasteiger partial charge in [-0.2, -0.15) is 0 Å². The van der Waals surface area contributed by atoms with Crippen LogP contribution in [0.5, 0.6) is 0 Å². The van der Waals surface area contributed by atoms with E-state index in [1.807, 2.05) is 4.90 Å². The van der Waals surface area contributed by atoms with Crippen LogP contribution in [0.4, 0.5) is 21.9 Å². The molecule has 0 spiro atoms. The number of para-hydroxylation sites is 2. The molecule has 2 amide bonds.